The van der Waals surface area contributed by atoms with Crippen molar-refractivity contribution in [2.24, 2.45) is 5.73 Å². The molecular weight excluding hydrogens is 352 g/mol. The van der Waals surface area contributed by atoms with Crippen molar-refractivity contribution in [2.75, 3.05) is 11.6 Å². The molecule has 108 valence electrons. The lowest BCUT2D eigenvalue weighted by atomic mass is 10.1. The molecule has 0 fully saturated rings. The number of nitrogens with two attached hydrogens (primary N) is 1. The van der Waals surface area contributed by atoms with Gasteiger partial charge in [-0.2, -0.15) is 0 Å². The predicted octanol–water partition coefficient (Wildman–Crippen LogP) is 3.92. The van der Waals surface area contributed by atoms with Crippen LogP contribution in [0.15, 0.2) is 45.8 Å². The first-order valence-corrected chi connectivity index (χ1v) is 8.32. The van der Waals surface area contributed by atoms with E-state index in [0.29, 0.717) is 11.4 Å². The molecule has 3 rings (SSSR count). The van der Waals surface area contributed by atoms with Crippen LogP contribution in [0.25, 0.3) is 0 Å². The van der Waals surface area contributed by atoms with E-state index >= 15 is 0 Å². The van der Waals surface area contributed by atoms with Crippen LogP contribution in [0, 0.1) is 0 Å². The van der Waals surface area contributed by atoms with Gasteiger partial charge in [-0.3, -0.25) is 4.79 Å². The Morgan fingerprint density at radius 2 is 2.00 bits per heavy atom. The van der Waals surface area contributed by atoms with Gasteiger partial charge < -0.3 is 15.8 Å². The third kappa shape index (κ3) is 2.79. The van der Waals surface area contributed by atoms with E-state index in [-0.39, 0.29) is 5.91 Å². The van der Waals surface area contributed by atoms with Crippen molar-refractivity contribution in [1.29, 1.82) is 0 Å². The van der Waals surface area contributed by atoms with E-state index < -0.39 is 6.04 Å². The van der Waals surface area contributed by atoms with E-state index in [2.05, 4.69) is 21.2 Å². The summed E-state index contributed by atoms with van der Waals surface area (Å²) in [5.74, 6) is 1.18. The fourth-order valence-corrected chi connectivity index (χ4v) is 2.99. The Hall–Kier alpha value is -1.50. The molecule has 1 atom stereocenters. The predicted molar refractivity (Wildman–Crippen MR) is 88.0 cm³/mol. The third-order valence-corrected chi connectivity index (χ3v) is 4.63. The number of nitrogens with one attached hydrogen (secondary N) is 1. The Bertz CT molecular complexity index is 704. The molecule has 0 radical (unpaired) electrons. The van der Waals surface area contributed by atoms with E-state index in [1.165, 1.54) is 4.90 Å². The third-order valence-electron chi connectivity index (χ3n) is 3.27. The second kappa shape index (κ2) is 5.71. The second-order valence-electron chi connectivity index (χ2n) is 4.61. The largest absolute Gasteiger partial charge is 0.456 e. The Morgan fingerprint density at radius 1 is 1.29 bits per heavy atom. The van der Waals surface area contributed by atoms with Crippen molar-refractivity contribution >= 4 is 39.3 Å². The first-order valence-electron chi connectivity index (χ1n) is 6.30. The van der Waals surface area contributed by atoms with Crippen LogP contribution < -0.4 is 15.8 Å². The quantitative estimate of drug-likeness (QED) is 0.810. The molecule has 1 amide bonds. The number of carbonyl (C=O) groups excluding carboxylic acids is 1. The van der Waals surface area contributed by atoms with Crippen LogP contribution in [-0.2, 0) is 4.79 Å². The van der Waals surface area contributed by atoms with Crippen molar-refractivity contribution in [3.63, 3.8) is 0 Å². The minimum Gasteiger partial charge on any atom is -0.456 e. The van der Waals surface area contributed by atoms with Crippen molar-refractivity contribution in [1.82, 2.24) is 0 Å². The van der Waals surface area contributed by atoms with Crippen LogP contribution >= 0.6 is 27.7 Å². The lowest BCUT2D eigenvalue weighted by molar-refractivity contribution is -0.116. The van der Waals surface area contributed by atoms with Gasteiger partial charge in [-0.15, -0.1) is 11.8 Å². The first-order chi connectivity index (χ1) is 10.1. The molecule has 0 saturated heterocycles. The summed E-state index contributed by atoms with van der Waals surface area (Å²) in [6, 6.07) is 10.8. The van der Waals surface area contributed by atoms with Crippen LogP contribution in [0.1, 0.15) is 11.6 Å². The summed E-state index contributed by atoms with van der Waals surface area (Å²) in [6.45, 7) is 0. The zero-order valence-electron chi connectivity index (χ0n) is 11.2. The molecule has 0 aliphatic carbocycles. The standard InChI is InChI=1S/C15H13BrN2O2S/c1-21-9-4-2-8(3-5-9)20-13-7-12-10(6-11(13)16)14(17)15(19)18-12/h2-7,14H,17H2,1H3,(H,18,19). The van der Waals surface area contributed by atoms with E-state index in [9.17, 15) is 4.79 Å². The Balaban J connectivity index is 1.89. The molecule has 3 N–H and O–H groups in total. The Kier molecular flexibility index (Phi) is 3.93. The molecule has 0 bridgehead atoms. The van der Waals surface area contributed by atoms with Gasteiger partial charge in [0.15, 0.2) is 0 Å². The zero-order valence-corrected chi connectivity index (χ0v) is 13.6. The second-order valence-corrected chi connectivity index (χ2v) is 6.35. The molecule has 0 saturated carbocycles. The van der Waals surface area contributed by atoms with Gasteiger partial charge in [0.2, 0.25) is 5.91 Å². The summed E-state index contributed by atoms with van der Waals surface area (Å²) >= 11 is 5.14. The summed E-state index contributed by atoms with van der Waals surface area (Å²) in [5.41, 5.74) is 7.29. The smallest absolute Gasteiger partial charge is 0.245 e. The number of ether oxygens (including phenoxy) is 1. The lowest BCUT2D eigenvalue weighted by Gasteiger charge is -2.11. The Morgan fingerprint density at radius 3 is 2.67 bits per heavy atom. The van der Waals surface area contributed by atoms with Crippen LogP contribution in [-0.4, -0.2) is 12.2 Å². The molecule has 1 unspecified atom stereocenters. The maximum absolute atomic E-state index is 11.6. The summed E-state index contributed by atoms with van der Waals surface area (Å²) in [4.78, 5) is 12.8. The molecular formula is C15H13BrN2O2S. The SMILES string of the molecule is CSc1ccc(Oc2cc3c(cc2Br)C(N)C(=O)N3)cc1. The number of halogens is 1. The molecule has 2 aromatic carbocycles. The molecule has 21 heavy (non-hydrogen) atoms. The minimum atomic E-state index is -0.619. The number of carbonyl (C=O) groups is 1. The van der Waals surface area contributed by atoms with Gasteiger partial charge in [-0.25, -0.2) is 0 Å². The van der Waals surface area contributed by atoms with Crippen molar-refractivity contribution in [2.45, 2.75) is 10.9 Å². The van der Waals surface area contributed by atoms with Gasteiger partial charge in [0, 0.05) is 22.2 Å². The molecule has 1 heterocycles. The van der Waals surface area contributed by atoms with E-state index in [0.717, 1.165) is 15.8 Å². The summed E-state index contributed by atoms with van der Waals surface area (Å²) in [6.07, 6.45) is 2.03. The highest BCUT2D eigenvalue weighted by molar-refractivity contribution is 9.10. The number of thioether (sulfide) groups is 1. The molecule has 0 aromatic heterocycles. The molecule has 4 nitrogen and oxygen atoms in total. The monoisotopic (exact) mass is 364 g/mol. The number of benzene rings is 2. The minimum absolute atomic E-state index is 0.196. The van der Waals surface area contributed by atoms with Crippen LogP contribution in [0.4, 0.5) is 5.69 Å². The van der Waals surface area contributed by atoms with Gasteiger partial charge in [-0.1, -0.05) is 0 Å². The highest BCUT2D eigenvalue weighted by Crippen LogP contribution is 2.39. The maximum Gasteiger partial charge on any atom is 0.245 e. The summed E-state index contributed by atoms with van der Waals surface area (Å²) in [5, 5.41) is 2.75. The normalized spacial score (nSPS) is 16.5. The first kappa shape index (κ1) is 14.4. The van der Waals surface area contributed by atoms with Gasteiger partial charge in [0.1, 0.15) is 17.5 Å². The fraction of sp³-hybridized carbons (Fsp3) is 0.133. The molecule has 6 heteroatoms. The van der Waals surface area contributed by atoms with Crippen molar-refractivity contribution < 1.29 is 9.53 Å². The maximum atomic E-state index is 11.6. The lowest BCUT2D eigenvalue weighted by Crippen LogP contribution is -2.19. The number of hydrogen-bond acceptors (Lipinski definition) is 4. The number of rotatable bonds is 3. The van der Waals surface area contributed by atoms with E-state index in [1.54, 1.807) is 17.8 Å². The highest BCUT2D eigenvalue weighted by Gasteiger charge is 2.28. The summed E-state index contributed by atoms with van der Waals surface area (Å²) in [7, 11) is 0. The van der Waals surface area contributed by atoms with E-state index in [1.807, 2.05) is 36.6 Å². The molecule has 1 aliphatic rings. The van der Waals surface area contributed by atoms with Crippen molar-refractivity contribution in [3.05, 3.63) is 46.4 Å². The molecule has 0 spiro atoms. The molecule has 2 aromatic rings. The van der Waals surface area contributed by atoms with E-state index in [4.69, 9.17) is 10.5 Å². The Labute approximate surface area is 135 Å². The average Bonchev–Trinajstić information content (AvgIpc) is 2.75. The van der Waals surface area contributed by atoms with Gasteiger partial charge in [0.25, 0.3) is 0 Å². The number of amides is 1. The van der Waals surface area contributed by atoms with Gasteiger partial charge >= 0.3 is 0 Å². The van der Waals surface area contributed by atoms with Crippen molar-refractivity contribution in [3.8, 4) is 11.5 Å². The van der Waals surface area contributed by atoms with Crippen LogP contribution in [0.2, 0.25) is 0 Å². The van der Waals surface area contributed by atoms with Crippen LogP contribution in [0.5, 0.6) is 11.5 Å². The van der Waals surface area contributed by atoms with Gasteiger partial charge in [-0.05, 0) is 52.5 Å². The number of hydrogen-bond donors (Lipinski definition) is 2. The van der Waals surface area contributed by atoms with Gasteiger partial charge in [0.05, 0.1) is 4.47 Å². The summed E-state index contributed by atoms with van der Waals surface area (Å²) < 4.78 is 6.62. The van der Waals surface area contributed by atoms with Crippen LogP contribution in [0.3, 0.4) is 0 Å². The topological polar surface area (TPSA) is 64.3 Å². The number of anilines is 1. The molecule has 1 aliphatic heterocycles. The number of fused-ring (bicyclic) bond motifs is 1. The fourth-order valence-electron chi connectivity index (χ4n) is 2.14. The average molecular weight is 365 g/mol. The zero-order chi connectivity index (χ0) is 15.0. The highest BCUT2D eigenvalue weighted by atomic mass is 79.9.